The fourth-order valence-electron chi connectivity index (χ4n) is 1.69. The van der Waals surface area contributed by atoms with Crippen molar-refractivity contribution < 1.29 is 17.9 Å². The van der Waals surface area contributed by atoms with Gasteiger partial charge < -0.3 is 4.74 Å². The number of methoxy groups -OCH3 is 1. The maximum absolute atomic E-state index is 12.0. The average molecular weight is 262 g/mol. The van der Waals surface area contributed by atoms with E-state index in [9.17, 15) is 13.2 Å². The maximum atomic E-state index is 12.0. The summed E-state index contributed by atoms with van der Waals surface area (Å²) >= 11 is 0. The molecule has 102 valence electrons. The van der Waals surface area contributed by atoms with Crippen molar-refractivity contribution in [1.82, 2.24) is 5.43 Å². The van der Waals surface area contributed by atoms with Gasteiger partial charge in [0, 0.05) is 12.5 Å². The van der Waals surface area contributed by atoms with Gasteiger partial charge in [0.25, 0.3) is 0 Å². The van der Waals surface area contributed by atoms with Crippen LogP contribution in [0.15, 0.2) is 24.3 Å². The molecule has 0 bridgehead atoms. The number of ether oxygens (including phenoxy) is 1. The highest BCUT2D eigenvalue weighted by Crippen LogP contribution is 2.26. The number of hydrogen-bond donors (Lipinski definition) is 2. The van der Waals surface area contributed by atoms with Crippen LogP contribution in [0.5, 0.6) is 5.75 Å². The van der Waals surface area contributed by atoms with Crippen molar-refractivity contribution >= 4 is 0 Å². The molecule has 0 amide bonds. The van der Waals surface area contributed by atoms with Gasteiger partial charge in [0.1, 0.15) is 5.75 Å². The third-order valence-corrected chi connectivity index (χ3v) is 2.67. The summed E-state index contributed by atoms with van der Waals surface area (Å²) in [5.74, 6) is 6.06. The van der Waals surface area contributed by atoms with Crippen LogP contribution >= 0.6 is 0 Å². The monoisotopic (exact) mass is 262 g/mol. The molecule has 0 aliphatic rings. The van der Waals surface area contributed by atoms with Gasteiger partial charge in [-0.3, -0.25) is 11.3 Å². The molecule has 1 rings (SSSR count). The van der Waals surface area contributed by atoms with Crippen molar-refractivity contribution in [3.8, 4) is 5.75 Å². The standard InChI is InChI=1S/C12H17F3N2O/c1-18-10-6-4-9(5-7-10)11(17-16)3-2-8-12(13,14)15/h4-7,11,17H,2-3,8,16H2,1H3. The zero-order chi connectivity index (χ0) is 13.6. The van der Waals surface area contributed by atoms with Gasteiger partial charge in [-0.15, -0.1) is 0 Å². The van der Waals surface area contributed by atoms with Crippen molar-refractivity contribution in [3.63, 3.8) is 0 Å². The number of halogens is 3. The number of nitrogens with two attached hydrogens (primary N) is 1. The van der Waals surface area contributed by atoms with E-state index in [0.717, 1.165) is 5.56 Å². The summed E-state index contributed by atoms with van der Waals surface area (Å²) < 4.78 is 41.1. The molecule has 6 heteroatoms. The van der Waals surface area contributed by atoms with Gasteiger partial charge >= 0.3 is 6.18 Å². The lowest BCUT2D eigenvalue weighted by Gasteiger charge is -2.17. The molecular formula is C12H17F3N2O. The highest BCUT2D eigenvalue weighted by molar-refractivity contribution is 5.28. The molecule has 18 heavy (non-hydrogen) atoms. The van der Waals surface area contributed by atoms with Crippen LogP contribution in [0.4, 0.5) is 13.2 Å². The number of alkyl halides is 3. The third kappa shape index (κ3) is 4.93. The number of nitrogens with one attached hydrogen (secondary N) is 1. The summed E-state index contributed by atoms with van der Waals surface area (Å²) in [6, 6.07) is 6.80. The average Bonchev–Trinajstić information content (AvgIpc) is 2.34. The normalized spacial score (nSPS) is 13.4. The van der Waals surface area contributed by atoms with E-state index in [4.69, 9.17) is 10.6 Å². The Morgan fingerprint density at radius 3 is 2.33 bits per heavy atom. The Hall–Kier alpha value is -1.27. The fraction of sp³-hybridized carbons (Fsp3) is 0.500. The summed E-state index contributed by atoms with van der Waals surface area (Å²) in [5.41, 5.74) is 3.38. The second-order valence-corrected chi connectivity index (χ2v) is 4.00. The van der Waals surface area contributed by atoms with E-state index in [1.54, 1.807) is 31.4 Å². The lowest BCUT2D eigenvalue weighted by Crippen LogP contribution is -2.28. The maximum Gasteiger partial charge on any atom is 0.389 e. The molecule has 0 saturated carbocycles. The molecule has 1 aromatic carbocycles. The molecule has 0 heterocycles. The van der Waals surface area contributed by atoms with Crippen LogP contribution in [0.1, 0.15) is 30.9 Å². The summed E-state index contributed by atoms with van der Waals surface area (Å²) in [6.07, 6.45) is -4.52. The molecule has 0 spiro atoms. The van der Waals surface area contributed by atoms with Gasteiger partial charge in [-0.05, 0) is 30.5 Å². The Kier molecular flexibility index (Phi) is 5.43. The van der Waals surface area contributed by atoms with Crippen molar-refractivity contribution in [2.45, 2.75) is 31.5 Å². The predicted molar refractivity (Wildman–Crippen MR) is 63.0 cm³/mol. The molecule has 3 N–H and O–H groups in total. The topological polar surface area (TPSA) is 47.3 Å². The molecular weight excluding hydrogens is 245 g/mol. The zero-order valence-electron chi connectivity index (χ0n) is 10.1. The third-order valence-electron chi connectivity index (χ3n) is 2.67. The summed E-state index contributed by atoms with van der Waals surface area (Å²) in [7, 11) is 1.55. The molecule has 0 radical (unpaired) electrons. The molecule has 0 fully saturated rings. The van der Waals surface area contributed by atoms with Gasteiger partial charge in [0.2, 0.25) is 0 Å². The molecule has 0 aromatic heterocycles. The number of hydrogen-bond acceptors (Lipinski definition) is 3. The van der Waals surface area contributed by atoms with Crippen LogP contribution in [0.3, 0.4) is 0 Å². The second kappa shape index (κ2) is 6.61. The van der Waals surface area contributed by atoms with Crippen LogP contribution in [-0.4, -0.2) is 13.3 Å². The van der Waals surface area contributed by atoms with Gasteiger partial charge in [-0.25, -0.2) is 0 Å². The minimum Gasteiger partial charge on any atom is -0.497 e. The Morgan fingerprint density at radius 1 is 1.28 bits per heavy atom. The molecule has 0 aliphatic carbocycles. The fourth-order valence-corrected chi connectivity index (χ4v) is 1.69. The van der Waals surface area contributed by atoms with E-state index in [0.29, 0.717) is 12.2 Å². The number of hydrazine groups is 1. The van der Waals surface area contributed by atoms with Crippen LogP contribution < -0.4 is 16.0 Å². The lowest BCUT2D eigenvalue weighted by atomic mass is 10.0. The Bertz CT molecular complexity index is 351. The first-order valence-corrected chi connectivity index (χ1v) is 5.63. The first-order chi connectivity index (χ1) is 8.46. The second-order valence-electron chi connectivity index (χ2n) is 4.00. The van der Waals surface area contributed by atoms with E-state index >= 15 is 0 Å². The molecule has 3 nitrogen and oxygen atoms in total. The molecule has 1 aromatic rings. The lowest BCUT2D eigenvalue weighted by molar-refractivity contribution is -0.135. The number of rotatable bonds is 6. The van der Waals surface area contributed by atoms with E-state index in [2.05, 4.69) is 5.43 Å². The molecule has 1 atom stereocenters. The SMILES string of the molecule is COc1ccc(C(CCCC(F)(F)F)NN)cc1. The van der Waals surface area contributed by atoms with E-state index in [1.165, 1.54) is 0 Å². The summed E-state index contributed by atoms with van der Waals surface area (Å²) in [5, 5.41) is 0. The Labute approximate surface area is 104 Å². The van der Waals surface area contributed by atoms with Crippen LogP contribution in [0.2, 0.25) is 0 Å². The molecule has 1 unspecified atom stereocenters. The summed E-state index contributed by atoms with van der Waals surface area (Å²) in [6.45, 7) is 0. The minimum absolute atomic E-state index is 0.0460. The Morgan fingerprint density at radius 2 is 1.89 bits per heavy atom. The van der Waals surface area contributed by atoms with Crippen LogP contribution in [-0.2, 0) is 0 Å². The first kappa shape index (κ1) is 14.8. The predicted octanol–water partition coefficient (Wildman–Crippen LogP) is 2.93. The van der Waals surface area contributed by atoms with Gasteiger partial charge in [-0.2, -0.15) is 13.2 Å². The Balaban J connectivity index is 2.54. The molecule has 0 saturated heterocycles. The first-order valence-electron chi connectivity index (χ1n) is 5.63. The van der Waals surface area contributed by atoms with Crippen molar-refractivity contribution in [1.29, 1.82) is 0 Å². The van der Waals surface area contributed by atoms with Gasteiger partial charge in [0.05, 0.1) is 7.11 Å². The van der Waals surface area contributed by atoms with Crippen molar-refractivity contribution in [2.24, 2.45) is 5.84 Å². The zero-order valence-corrected chi connectivity index (χ0v) is 10.1. The summed E-state index contributed by atoms with van der Waals surface area (Å²) in [4.78, 5) is 0. The highest BCUT2D eigenvalue weighted by atomic mass is 19.4. The van der Waals surface area contributed by atoms with Gasteiger partial charge in [0.15, 0.2) is 0 Å². The van der Waals surface area contributed by atoms with Crippen LogP contribution in [0, 0.1) is 0 Å². The van der Waals surface area contributed by atoms with E-state index in [1.807, 2.05) is 0 Å². The largest absolute Gasteiger partial charge is 0.497 e. The van der Waals surface area contributed by atoms with E-state index in [-0.39, 0.29) is 12.5 Å². The van der Waals surface area contributed by atoms with E-state index < -0.39 is 12.6 Å². The quantitative estimate of drug-likeness (QED) is 0.612. The van der Waals surface area contributed by atoms with Crippen LogP contribution in [0.25, 0.3) is 0 Å². The number of benzene rings is 1. The minimum atomic E-state index is -4.11. The van der Waals surface area contributed by atoms with Crippen molar-refractivity contribution in [3.05, 3.63) is 29.8 Å². The van der Waals surface area contributed by atoms with Gasteiger partial charge in [-0.1, -0.05) is 12.1 Å². The van der Waals surface area contributed by atoms with Crippen molar-refractivity contribution in [2.75, 3.05) is 7.11 Å². The molecule has 0 aliphatic heterocycles. The smallest absolute Gasteiger partial charge is 0.389 e. The highest BCUT2D eigenvalue weighted by Gasteiger charge is 2.26.